The second kappa shape index (κ2) is 7.53. The number of hydrogen-bond acceptors (Lipinski definition) is 4. The van der Waals surface area contributed by atoms with Crippen LogP contribution in [0.25, 0.3) is 16.8 Å². The first-order chi connectivity index (χ1) is 13.7. The summed E-state index contributed by atoms with van der Waals surface area (Å²) in [5.74, 6) is 1.02. The van der Waals surface area contributed by atoms with Gasteiger partial charge in [-0.25, -0.2) is 4.98 Å². The Bertz CT molecular complexity index is 1150. The standard InChI is InChI=1S/C23H21N5/c1-3-20-14-23(28-22(26-20)12-13-25-28)27(2)16-17-8-10-18(11-9-17)21-7-5-4-6-19(21)15-24/h4-14H,3,16H2,1-2H3. The Labute approximate surface area is 164 Å². The number of hydrogen-bond donors (Lipinski definition) is 0. The first kappa shape index (κ1) is 17.7. The molecule has 4 rings (SSSR count). The van der Waals surface area contributed by atoms with Gasteiger partial charge in [0.15, 0.2) is 5.65 Å². The Kier molecular flexibility index (Phi) is 4.77. The topological polar surface area (TPSA) is 57.2 Å². The van der Waals surface area contributed by atoms with Gasteiger partial charge in [0.05, 0.1) is 17.8 Å². The number of anilines is 1. The largest absolute Gasteiger partial charge is 0.355 e. The fourth-order valence-electron chi connectivity index (χ4n) is 3.38. The van der Waals surface area contributed by atoms with Crippen LogP contribution in [0.3, 0.4) is 0 Å². The number of fused-ring (bicyclic) bond motifs is 1. The first-order valence-corrected chi connectivity index (χ1v) is 9.33. The van der Waals surface area contributed by atoms with Gasteiger partial charge < -0.3 is 4.90 Å². The van der Waals surface area contributed by atoms with Crippen LogP contribution in [-0.2, 0) is 13.0 Å². The molecule has 0 fully saturated rings. The molecule has 0 saturated carbocycles. The summed E-state index contributed by atoms with van der Waals surface area (Å²) in [6.45, 7) is 2.86. The molecule has 2 aromatic heterocycles. The van der Waals surface area contributed by atoms with Crippen LogP contribution in [0, 0.1) is 11.3 Å². The lowest BCUT2D eigenvalue weighted by molar-refractivity contribution is 0.822. The third kappa shape index (κ3) is 3.33. The van der Waals surface area contributed by atoms with Crippen LogP contribution >= 0.6 is 0 Å². The van der Waals surface area contributed by atoms with Gasteiger partial charge in [-0.2, -0.15) is 14.9 Å². The molecule has 0 unspecified atom stereocenters. The van der Waals surface area contributed by atoms with Crippen molar-refractivity contribution in [3.8, 4) is 17.2 Å². The van der Waals surface area contributed by atoms with Gasteiger partial charge in [-0.3, -0.25) is 0 Å². The van der Waals surface area contributed by atoms with Gasteiger partial charge in [0.1, 0.15) is 5.82 Å². The quantitative estimate of drug-likeness (QED) is 0.522. The lowest BCUT2D eigenvalue weighted by Crippen LogP contribution is -2.20. The maximum absolute atomic E-state index is 9.32. The zero-order valence-electron chi connectivity index (χ0n) is 16.0. The SMILES string of the molecule is CCc1cc(N(C)Cc2ccc(-c3ccccc3C#N)cc2)n2nccc2n1. The van der Waals surface area contributed by atoms with Crippen LogP contribution in [0.5, 0.6) is 0 Å². The molecule has 0 aliphatic carbocycles. The Balaban J connectivity index is 1.60. The lowest BCUT2D eigenvalue weighted by atomic mass is 9.99. The monoisotopic (exact) mass is 367 g/mol. The average Bonchev–Trinajstić information content (AvgIpc) is 3.22. The van der Waals surface area contributed by atoms with Crippen LogP contribution in [0.4, 0.5) is 5.82 Å². The van der Waals surface area contributed by atoms with Crippen LogP contribution in [0.2, 0.25) is 0 Å². The number of aryl methyl sites for hydroxylation is 1. The Morgan fingerprint density at radius 1 is 1.07 bits per heavy atom. The maximum atomic E-state index is 9.32. The smallest absolute Gasteiger partial charge is 0.157 e. The molecule has 138 valence electrons. The summed E-state index contributed by atoms with van der Waals surface area (Å²) in [5.41, 5.74) is 5.82. The van der Waals surface area contributed by atoms with E-state index in [9.17, 15) is 5.26 Å². The number of aromatic nitrogens is 3. The van der Waals surface area contributed by atoms with Gasteiger partial charge in [0.2, 0.25) is 0 Å². The van der Waals surface area contributed by atoms with Crippen molar-refractivity contribution in [2.75, 3.05) is 11.9 Å². The van der Waals surface area contributed by atoms with Gasteiger partial charge in [0, 0.05) is 31.4 Å². The summed E-state index contributed by atoms with van der Waals surface area (Å²) in [7, 11) is 2.06. The molecule has 0 bridgehead atoms. The van der Waals surface area contributed by atoms with Crippen molar-refractivity contribution in [3.05, 3.63) is 83.7 Å². The van der Waals surface area contributed by atoms with E-state index in [2.05, 4.69) is 65.4 Å². The minimum atomic E-state index is 0.692. The zero-order valence-corrected chi connectivity index (χ0v) is 16.0. The van der Waals surface area contributed by atoms with Gasteiger partial charge >= 0.3 is 0 Å². The van der Waals surface area contributed by atoms with Crippen LogP contribution < -0.4 is 4.90 Å². The van der Waals surface area contributed by atoms with E-state index in [1.54, 1.807) is 6.20 Å². The van der Waals surface area contributed by atoms with Crippen molar-refractivity contribution in [2.24, 2.45) is 0 Å². The van der Waals surface area contributed by atoms with Crippen molar-refractivity contribution in [1.82, 2.24) is 14.6 Å². The normalized spacial score (nSPS) is 10.8. The lowest BCUT2D eigenvalue weighted by Gasteiger charge is -2.21. The molecule has 0 radical (unpaired) electrons. The average molecular weight is 367 g/mol. The van der Waals surface area contributed by atoms with Crippen molar-refractivity contribution < 1.29 is 0 Å². The summed E-state index contributed by atoms with van der Waals surface area (Å²) in [6, 6.07) is 22.3. The molecule has 5 nitrogen and oxygen atoms in total. The second-order valence-electron chi connectivity index (χ2n) is 6.77. The van der Waals surface area contributed by atoms with Crippen molar-refractivity contribution in [1.29, 1.82) is 5.26 Å². The molecule has 2 heterocycles. The van der Waals surface area contributed by atoms with Crippen molar-refractivity contribution in [2.45, 2.75) is 19.9 Å². The van der Waals surface area contributed by atoms with Gasteiger partial charge in [-0.15, -0.1) is 0 Å². The fourth-order valence-corrected chi connectivity index (χ4v) is 3.38. The van der Waals surface area contributed by atoms with E-state index in [-0.39, 0.29) is 0 Å². The van der Waals surface area contributed by atoms with E-state index in [0.29, 0.717) is 5.56 Å². The minimum Gasteiger partial charge on any atom is -0.355 e. The highest BCUT2D eigenvalue weighted by molar-refractivity contribution is 5.70. The number of rotatable bonds is 5. The molecule has 0 atom stereocenters. The Hall–Kier alpha value is -3.65. The Morgan fingerprint density at radius 2 is 1.86 bits per heavy atom. The predicted molar refractivity (Wildman–Crippen MR) is 111 cm³/mol. The molecule has 0 aliphatic rings. The third-order valence-electron chi connectivity index (χ3n) is 4.88. The summed E-state index contributed by atoms with van der Waals surface area (Å²) in [6.07, 6.45) is 2.66. The number of nitriles is 1. The Morgan fingerprint density at radius 3 is 2.61 bits per heavy atom. The van der Waals surface area contributed by atoms with E-state index in [4.69, 9.17) is 0 Å². The molecule has 0 saturated heterocycles. The summed E-state index contributed by atoms with van der Waals surface area (Å²) in [4.78, 5) is 6.79. The van der Waals surface area contributed by atoms with E-state index >= 15 is 0 Å². The van der Waals surface area contributed by atoms with Crippen molar-refractivity contribution >= 4 is 11.5 Å². The molecule has 4 aromatic rings. The molecule has 0 spiro atoms. The van der Waals surface area contributed by atoms with E-state index in [0.717, 1.165) is 41.3 Å². The first-order valence-electron chi connectivity index (χ1n) is 9.33. The maximum Gasteiger partial charge on any atom is 0.157 e. The van der Waals surface area contributed by atoms with E-state index in [1.807, 2.05) is 34.8 Å². The second-order valence-corrected chi connectivity index (χ2v) is 6.77. The van der Waals surface area contributed by atoms with Crippen LogP contribution in [0.1, 0.15) is 23.7 Å². The summed E-state index contributed by atoms with van der Waals surface area (Å²) >= 11 is 0. The van der Waals surface area contributed by atoms with E-state index in [1.165, 1.54) is 5.56 Å². The highest BCUT2D eigenvalue weighted by Gasteiger charge is 2.11. The third-order valence-corrected chi connectivity index (χ3v) is 4.88. The minimum absolute atomic E-state index is 0.692. The predicted octanol–water partition coefficient (Wildman–Crippen LogP) is 4.47. The highest BCUT2D eigenvalue weighted by Crippen LogP contribution is 2.24. The highest BCUT2D eigenvalue weighted by atomic mass is 15.3. The molecule has 2 aromatic carbocycles. The molecule has 0 N–H and O–H groups in total. The van der Waals surface area contributed by atoms with Crippen molar-refractivity contribution in [3.63, 3.8) is 0 Å². The molecular weight excluding hydrogens is 346 g/mol. The van der Waals surface area contributed by atoms with Gasteiger partial charge in [-0.05, 0) is 29.2 Å². The molecular formula is C23H21N5. The molecule has 0 aliphatic heterocycles. The number of nitrogens with zero attached hydrogens (tertiary/aromatic N) is 5. The zero-order chi connectivity index (χ0) is 19.5. The summed E-state index contributed by atoms with van der Waals surface area (Å²) in [5, 5.41) is 13.7. The molecule has 5 heteroatoms. The van der Waals surface area contributed by atoms with Crippen LogP contribution in [0.15, 0.2) is 66.9 Å². The van der Waals surface area contributed by atoms with Crippen LogP contribution in [-0.4, -0.2) is 21.6 Å². The summed E-state index contributed by atoms with van der Waals surface area (Å²) < 4.78 is 1.87. The molecule has 0 amide bonds. The van der Waals surface area contributed by atoms with Gasteiger partial charge in [0.25, 0.3) is 0 Å². The fraction of sp³-hybridized carbons (Fsp3) is 0.174. The number of benzene rings is 2. The molecule has 28 heavy (non-hydrogen) atoms. The van der Waals surface area contributed by atoms with Gasteiger partial charge in [-0.1, -0.05) is 49.4 Å². The van der Waals surface area contributed by atoms with E-state index < -0.39 is 0 Å².